The highest BCUT2D eigenvalue weighted by molar-refractivity contribution is 6.09. The molecule has 2 aromatic rings. The Bertz CT molecular complexity index is 1200. The molecule has 3 fully saturated rings. The summed E-state index contributed by atoms with van der Waals surface area (Å²) in [5.41, 5.74) is 2.80. The number of carbonyl (C=O) groups is 3. The molecule has 2 saturated carbocycles. The summed E-state index contributed by atoms with van der Waals surface area (Å²) in [6, 6.07) is 14.4. The van der Waals surface area contributed by atoms with Gasteiger partial charge in [-0.05, 0) is 65.7 Å². The molecule has 0 unspecified atom stereocenters. The normalized spacial score (nSPS) is 30.9. The largest absolute Gasteiger partial charge is 0.425 e. The van der Waals surface area contributed by atoms with Gasteiger partial charge < -0.3 is 4.74 Å². The van der Waals surface area contributed by atoms with Crippen molar-refractivity contribution in [2.75, 3.05) is 0 Å². The molecule has 5 aliphatic rings. The van der Waals surface area contributed by atoms with Crippen molar-refractivity contribution in [1.29, 1.82) is 0 Å². The second-order valence-electron chi connectivity index (χ2n) is 11.0. The summed E-state index contributed by atoms with van der Waals surface area (Å²) in [5.74, 6) is 0.323. The van der Waals surface area contributed by atoms with Gasteiger partial charge in [0.2, 0.25) is 11.8 Å². The molecule has 1 aliphatic heterocycles. The van der Waals surface area contributed by atoms with Crippen molar-refractivity contribution in [1.82, 2.24) is 4.90 Å². The lowest BCUT2D eigenvalue weighted by Crippen LogP contribution is -2.48. The molecule has 0 aromatic heterocycles. The van der Waals surface area contributed by atoms with Gasteiger partial charge in [0.1, 0.15) is 11.8 Å². The Labute approximate surface area is 206 Å². The number of amides is 2. The van der Waals surface area contributed by atoms with Gasteiger partial charge in [-0.2, -0.15) is 0 Å². The minimum atomic E-state index is -0.987. The van der Waals surface area contributed by atoms with E-state index in [1.54, 1.807) is 0 Å². The third-order valence-electron chi connectivity index (χ3n) is 8.55. The molecule has 35 heavy (non-hydrogen) atoms. The minimum absolute atomic E-state index is 0.120. The summed E-state index contributed by atoms with van der Waals surface area (Å²) in [6.07, 6.45) is 5.66. The van der Waals surface area contributed by atoms with E-state index in [1.165, 1.54) is 4.90 Å². The van der Waals surface area contributed by atoms with E-state index in [-0.39, 0.29) is 47.8 Å². The number of hydrogen-bond donors (Lipinski definition) is 0. The molecule has 2 amide bonds. The Kier molecular flexibility index (Phi) is 5.21. The van der Waals surface area contributed by atoms with E-state index in [4.69, 9.17) is 4.74 Å². The van der Waals surface area contributed by atoms with Crippen LogP contribution in [0.2, 0.25) is 0 Å². The van der Waals surface area contributed by atoms with Crippen molar-refractivity contribution in [3.63, 3.8) is 0 Å². The highest BCUT2D eigenvalue weighted by Crippen LogP contribution is 2.65. The van der Waals surface area contributed by atoms with Crippen molar-refractivity contribution in [3.8, 4) is 5.75 Å². The first kappa shape index (κ1) is 22.3. The first-order chi connectivity index (χ1) is 16.8. The zero-order valence-corrected chi connectivity index (χ0v) is 20.4. The smallest absolute Gasteiger partial charge is 0.335 e. The summed E-state index contributed by atoms with van der Waals surface area (Å²) in [7, 11) is 0. The van der Waals surface area contributed by atoms with E-state index >= 15 is 0 Å². The molecule has 1 saturated heterocycles. The number of carbonyl (C=O) groups excluding carboxylic acids is 3. The van der Waals surface area contributed by atoms with E-state index in [9.17, 15) is 14.4 Å². The van der Waals surface area contributed by atoms with E-state index in [0.29, 0.717) is 17.6 Å². The maximum absolute atomic E-state index is 13.8. The van der Waals surface area contributed by atoms with E-state index in [0.717, 1.165) is 23.1 Å². The fraction of sp³-hybridized carbons (Fsp3) is 0.433. The Hall–Kier alpha value is -3.21. The number of ether oxygens (including phenoxy) is 1. The minimum Gasteiger partial charge on any atom is -0.425 e. The van der Waals surface area contributed by atoms with Gasteiger partial charge >= 0.3 is 5.97 Å². The number of hydrogen-bond acceptors (Lipinski definition) is 4. The Morgan fingerprint density at radius 1 is 0.971 bits per heavy atom. The van der Waals surface area contributed by atoms with Crippen LogP contribution in [0.3, 0.4) is 0 Å². The monoisotopic (exact) mass is 469 g/mol. The first-order valence-electron chi connectivity index (χ1n) is 12.8. The van der Waals surface area contributed by atoms with Crippen LogP contribution < -0.4 is 4.74 Å². The molecule has 1 heterocycles. The van der Waals surface area contributed by atoms with Crippen LogP contribution in [0.15, 0.2) is 60.7 Å². The Morgan fingerprint density at radius 2 is 1.60 bits per heavy atom. The van der Waals surface area contributed by atoms with Crippen molar-refractivity contribution >= 4 is 17.8 Å². The summed E-state index contributed by atoms with van der Waals surface area (Å²) < 4.78 is 5.98. The molecule has 2 aromatic carbocycles. The van der Waals surface area contributed by atoms with Crippen LogP contribution >= 0.6 is 0 Å². The van der Waals surface area contributed by atoms with Gasteiger partial charge in [0.25, 0.3) is 0 Å². The highest BCUT2D eigenvalue weighted by atomic mass is 16.5. The van der Waals surface area contributed by atoms with Crippen LogP contribution in [0.25, 0.3) is 0 Å². The molecular formula is C30H31NO4. The zero-order chi connectivity index (χ0) is 24.4. The quantitative estimate of drug-likeness (QED) is 0.267. The number of imide groups is 1. The molecule has 5 heteroatoms. The van der Waals surface area contributed by atoms with Gasteiger partial charge in [-0.15, -0.1) is 0 Å². The molecule has 0 N–H and O–H groups in total. The number of allylic oxidation sites excluding steroid dienone is 2. The Morgan fingerprint density at radius 3 is 2.20 bits per heavy atom. The van der Waals surface area contributed by atoms with Crippen LogP contribution in [0.4, 0.5) is 0 Å². The SMILES string of the molecule is Cc1ccc(C(C)C)c(OC(=O)[C@H](Cc2ccccc2)N2C(=O)[C@H]3[C@@H]4C=C[C@H]([C@H]5C[C@H]45)[C@@H]3C2=O)c1. The van der Waals surface area contributed by atoms with Crippen molar-refractivity contribution in [3.05, 3.63) is 77.4 Å². The molecule has 7 atom stereocenters. The number of aryl methyl sites for hydroxylation is 1. The summed E-state index contributed by atoms with van der Waals surface area (Å²) in [4.78, 5) is 42.6. The van der Waals surface area contributed by atoms with Crippen molar-refractivity contribution < 1.29 is 19.1 Å². The number of esters is 1. The van der Waals surface area contributed by atoms with Crippen LogP contribution in [0, 0.1) is 42.4 Å². The molecule has 0 spiro atoms. The summed E-state index contributed by atoms with van der Waals surface area (Å²) in [6.45, 7) is 6.06. The van der Waals surface area contributed by atoms with Gasteiger partial charge in [0.15, 0.2) is 0 Å². The maximum atomic E-state index is 13.8. The molecular weight excluding hydrogens is 438 g/mol. The number of rotatable bonds is 6. The number of nitrogens with zero attached hydrogens (tertiary/aromatic N) is 1. The average molecular weight is 470 g/mol. The lowest BCUT2D eigenvalue weighted by molar-refractivity contribution is -0.153. The summed E-state index contributed by atoms with van der Waals surface area (Å²) in [5, 5.41) is 0. The third-order valence-corrected chi connectivity index (χ3v) is 8.55. The molecule has 0 radical (unpaired) electrons. The topological polar surface area (TPSA) is 63.7 Å². The Balaban J connectivity index is 1.35. The van der Waals surface area contributed by atoms with Crippen LogP contribution in [-0.2, 0) is 20.8 Å². The fourth-order valence-corrected chi connectivity index (χ4v) is 6.79. The lowest BCUT2D eigenvalue weighted by atomic mass is 9.63. The predicted octanol–water partition coefficient (Wildman–Crippen LogP) is 4.69. The van der Waals surface area contributed by atoms with E-state index in [2.05, 4.69) is 26.0 Å². The fourth-order valence-electron chi connectivity index (χ4n) is 6.79. The third kappa shape index (κ3) is 3.55. The second-order valence-corrected chi connectivity index (χ2v) is 11.0. The molecule has 180 valence electrons. The van der Waals surface area contributed by atoms with Gasteiger partial charge in [0, 0.05) is 6.42 Å². The lowest BCUT2D eigenvalue weighted by Gasteiger charge is -2.37. The molecule has 4 aliphatic carbocycles. The zero-order valence-electron chi connectivity index (χ0n) is 20.4. The van der Waals surface area contributed by atoms with Crippen LogP contribution in [0.5, 0.6) is 5.75 Å². The highest BCUT2D eigenvalue weighted by Gasteiger charge is 2.68. The molecule has 5 nitrogen and oxygen atoms in total. The van der Waals surface area contributed by atoms with Crippen LogP contribution in [0.1, 0.15) is 42.9 Å². The summed E-state index contributed by atoms with van der Waals surface area (Å²) >= 11 is 0. The average Bonchev–Trinajstić information content (AvgIpc) is 3.62. The van der Waals surface area contributed by atoms with E-state index in [1.807, 2.05) is 55.5 Å². The number of likely N-dealkylation sites (tertiary alicyclic amines) is 1. The van der Waals surface area contributed by atoms with Gasteiger partial charge in [0.05, 0.1) is 11.8 Å². The van der Waals surface area contributed by atoms with Gasteiger partial charge in [-0.25, -0.2) is 4.79 Å². The predicted molar refractivity (Wildman–Crippen MR) is 131 cm³/mol. The number of benzene rings is 2. The maximum Gasteiger partial charge on any atom is 0.335 e. The van der Waals surface area contributed by atoms with Gasteiger partial charge in [-0.3, -0.25) is 14.5 Å². The second kappa shape index (κ2) is 8.18. The molecule has 2 bridgehead atoms. The van der Waals surface area contributed by atoms with E-state index < -0.39 is 12.0 Å². The van der Waals surface area contributed by atoms with Crippen LogP contribution in [-0.4, -0.2) is 28.7 Å². The first-order valence-corrected chi connectivity index (χ1v) is 12.8. The molecule has 7 rings (SSSR count). The standard InChI is InChI=1S/C30H31NO4/c1-16(2)19-10-9-17(3)13-25(19)35-30(34)24(14-18-7-5-4-6-8-18)31-28(32)26-20-11-12-21(23-15-22(20)23)27(26)29(31)33/h4-13,16,20-24,26-27H,14-15H2,1-3H3/t20-,21-,22-,23-,24+,26+,27+/m1/s1. The van der Waals surface area contributed by atoms with Gasteiger partial charge in [-0.1, -0.05) is 68.5 Å². The van der Waals surface area contributed by atoms with Crippen molar-refractivity contribution in [2.24, 2.45) is 35.5 Å². The van der Waals surface area contributed by atoms with Crippen molar-refractivity contribution in [2.45, 2.75) is 45.6 Å².